The van der Waals surface area contributed by atoms with Gasteiger partial charge in [0.25, 0.3) is 0 Å². The molecule has 0 unspecified atom stereocenters. The fraction of sp³-hybridized carbons (Fsp3) is 0.100. The molecular weight excluding hydrogens is 183 g/mol. The van der Waals surface area contributed by atoms with Crippen molar-refractivity contribution < 1.29 is 9.13 Å². The molecule has 0 atom stereocenters. The molecule has 0 radical (unpaired) electrons. The summed E-state index contributed by atoms with van der Waals surface area (Å²) < 4.78 is 18.5. The minimum atomic E-state index is -0.364. The number of aromatic nitrogens is 2. The van der Waals surface area contributed by atoms with E-state index in [9.17, 15) is 4.39 Å². The van der Waals surface area contributed by atoms with E-state index in [-0.39, 0.29) is 11.6 Å². The number of halogens is 1. The molecule has 0 saturated heterocycles. The van der Waals surface area contributed by atoms with E-state index in [4.69, 9.17) is 4.74 Å². The first-order chi connectivity index (χ1) is 6.83. The van der Waals surface area contributed by atoms with Crippen LogP contribution < -0.4 is 4.74 Å². The Morgan fingerprint density at radius 2 is 2.29 bits per heavy atom. The van der Waals surface area contributed by atoms with Gasteiger partial charge < -0.3 is 4.74 Å². The van der Waals surface area contributed by atoms with Gasteiger partial charge in [0.05, 0.1) is 13.3 Å². The summed E-state index contributed by atoms with van der Waals surface area (Å²) in [4.78, 5) is 0. The van der Waals surface area contributed by atoms with Crippen molar-refractivity contribution in [3.63, 3.8) is 0 Å². The second-order valence-corrected chi connectivity index (χ2v) is 2.81. The predicted octanol–water partition coefficient (Wildman–Crippen LogP) is 2.22. The van der Waals surface area contributed by atoms with E-state index in [0.717, 1.165) is 0 Å². The summed E-state index contributed by atoms with van der Waals surface area (Å²) in [7, 11) is 1.44. The summed E-state index contributed by atoms with van der Waals surface area (Å²) in [5.41, 5.74) is 1.19. The van der Waals surface area contributed by atoms with Crippen LogP contribution in [0, 0.1) is 5.82 Å². The molecule has 72 valence electrons. The van der Waals surface area contributed by atoms with Gasteiger partial charge in [-0.15, -0.1) is 0 Å². The van der Waals surface area contributed by atoms with Crippen LogP contribution >= 0.6 is 0 Å². The second kappa shape index (κ2) is 3.49. The molecule has 0 aliphatic carbocycles. The Kier molecular flexibility index (Phi) is 2.18. The zero-order valence-corrected chi connectivity index (χ0v) is 7.62. The van der Waals surface area contributed by atoms with Gasteiger partial charge in [-0.05, 0) is 6.07 Å². The lowest BCUT2D eigenvalue weighted by Crippen LogP contribution is -1.90. The number of ether oxygens (including phenoxy) is 1. The lowest BCUT2D eigenvalue weighted by atomic mass is 10.1. The smallest absolute Gasteiger partial charge is 0.172 e. The molecular formula is C10H9FN2O. The Morgan fingerprint density at radius 3 is 2.93 bits per heavy atom. The van der Waals surface area contributed by atoms with Crippen molar-refractivity contribution >= 4 is 0 Å². The third-order valence-electron chi connectivity index (χ3n) is 1.99. The van der Waals surface area contributed by atoms with Crippen LogP contribution in [0.15, 0.2) is 30.6 Å². The van der Waals surface area contributed by atoms with Crippen LogP contribution in [0.3, 0.4) is 0 Å². The van der Waals surface area contributed by atoms with Crippen molar-refractivity contribution in [1.82, 2.24) is 10.2 Å². The number of hydrogen-bond donors (Lipinski definition) is 1. The molecule has 0 aliphatic rings. The maximum absolute atomic E-state index is 13.7. The molecule has 14 heavy (non-hydrogen) atoms. The molecule has 1 aromatic carbocycles. The first-order valence-corrected chi connectivity index (χ1v) is 4.14. The monoisotopic (exact) mass is 192 g/mol. The van der Waals surface area contributed by atoms with Gasteiger partial charge in [-0.1, -0.05) is 12.1 Å². The normalized spacial score (nSPS) is 10.1. The number of aromatic amines is 1. The Bertz CT molecular complexity index is 426. The van der Waals surface area contributed by atoms with E-state index in [1.54, 1.807) is 30.6 Å². The van der Waals surface area contributed by atoms with Gasteiger partial charge in [-0.25, -0.2) is 4.39 Å². The summed E-state index contributed by atoms with van der Waals surface area (Å²) in [6.45, 7) is 0. The highest BCUT2D eigenvalue weighted by Crippen LogP contribution is 2.27. The summed E-state index contributed by atoms with van der Waals surface area (Å²) >= 11 is 0. The van der Waals surface area contributed by atoms with Crippen LogP contribution in [0.5, 0.6) is 5.75 Å². The minimum absolute atomic E-state index is 0.240. The van der Waals surface area contributed by atoms with Crippen molar-refractivity contribution in [2.24, 2.45) is 0 Å². The van der Waals surface area contributed by atoms with E-state index in [1.165, 1.54) is 7.11 Å². The molecule has 0 saturated carbocycles. The molecule has 1 aromatic heterocycles. The van der Waals surface area contributed by atoms with E-state index in [1.807, 2.05) is 0 Å². The molecule has 4 heteroatoms. The molecule has 0 fully saturated rings. The molecule has 2 rings (SSSR count). The van der Waals surface area contributed by atoms with Crippen molar-refractivity contribution in [2.75, 3.05) is 7.11 Å². The zero-order chi connectivity index (χ0) is 9.97. The second-order valence-electron chi connectivity index (χ2n) is 2.81. The largest absolute Gasteiger partial charge is 0.494 e. The highest BCUT2D eigenvalue weighted by molar-refractivity contribution is 5.64. The average Bonchev–Trinajstić information content (AvgIpc) is 2.71. The van der Waals surface area contributed by atoms with Gasteiger partial charge in [0.15, 0.2) is 11.6 Å². The van der Waals surface area contributed by atoms with Gasteiger partial charge in [-0.3, -0.25) is 5.10 Å². The van der Waals surface area contributed by atoms with Gasteiger partial charge >= 0.3 is 0 Å². The third kappa shape index (κ3) is 1.35. The standard InChI is InChI=1S/C10H9FN2O/c1-14-9-4-2-3-8(10(9)11)7-5-12-13-6-7/h2-6H,1H3,(H,12,13). The van der Waals surface area contributed by atoms with Gasteiger partial charge in [0.1, 0.15) is 0 Å². The molecule has 0 aliphatic heterocycles. The molecule has 2 aromatic rings. The molecule has 1 N–H and O–H groups in total. The molecule has 0 amide bonds. The highest BCUT2D eigenvalue weighted by Gasteiger charge is 2.10. The van der Waals surface area contributed by atoms with Crippen LogP contribution in [0.25, 0.3) is 11.1 Å². The lowest BCUT2D eigenvalue weighted by Gasteiger charge is -2.04. The van der Waals surface area contributed by atoms with E-state index in [2.05, 4.69) is 10.2 Å². The van der Waals surface area contributed by atoms with Crippen molar-refractivity contribution in [3.8, 4) is 16.9 Å². The topological polar surface area (TPSA) is 37.9 Å². The van der Waals surface area contributed by atoms with E-state index >= 15 is 0 Å². The molecule has 3 nitrogen and oxygen atoms in total. The number of nitrogens with zero attached hydrogens (tertiary/aromatic N) is 1. The molecule has 1 heterocycles. The van der Waals surface area contributed by atoms with Gasteiger partial charge in [0.2, 0.25) is 0 Å². The Labute approximate surface area is 80.5 Å². The summed E-state index contributed by atoms with van der Waals surface area (Å²) in [5, 5.41) is 6.40. The number of nitrogens with one attached hydrogen (secondary N) is 1. The zero-order valence-electron chi connectivity index (χ0n) is 7.62. The van der Waals surface area contributed by atoms with E-state index < -0.39 is 0 Å². The number of hydrogen-bond acceptors (Lipinski definition) is 2. The highest BCUT2D eigenvalue weighted by atomic mass is 19.1. The SMILES string of the molecule is COc1cccc(-c2cn[nH]c2)c1F. The lowest BCUT2D eigenvalue weighted by molar-refractivity contribution is 0.387. The fourth-order valence-corrected chi connectivity index (χ4v) is 1.29. The number of H-pyrrole nitrogens is 1. The van der Waals surface area contributed by atoms with Crippen LogP contribution in [0.2, 0.25) is 0 Å². The first-order valence-electron chi connectivity index (χ1n) is 4.14. The van der Waals surface area contributed by atoms with Crippen LogP contribution in [-0.2, 0) is 0 Å². The van der Waals surface area contributed by atoms with Crippen molar-refractivity contribution in [1.29, 1.82) is 0 Å². The summed E-state index contributed by atoms with van der Waals surface area (Å²) in [6.07, 6.45) is 3.20. The summed E-state index contributed by atoms with van der Waals surface area (Å²) in [5.74, 6) is -0.125. The first kappa shape index (κ1) is 8.74. The Morgan fingerprint density at radius 1 is 1.43 bits per heavy atom. The van der Waals surface area contributed by atoms with Gasteiger partial charge in [-0.2, -0.15) is 5.10 Å². The fourth-order valence-electron chi connectivity index (χ4n) is 1.29. The number of benzene rings is 1. The minimum Gasteiger partial charge on any atom is -0.494 e. The van der Waals surface area contributed by atoms with E-state index in [0.29, 0.717) is 11.1 Å². The Balaban J connectivity index is 2.54. The average molecular weight is 192 g/mol. The quantitative estimate of drug-likeness (QED) is 0.792. The molecule has 0 spiro atoms. The maximum atomic E-state index is 13.7. The number of rotatable bonds is 2. The van der Waals surface area contributed by atoms with Crippen LogP contribution in [0.4, 0.5) is 4.39 Å². The Hall–Kier alpha value is -1.84. The van der Waals surface area contributed by atoms with Gasteiger partial charge in [0, 0.05) is 17.3 Å². The third-order valence-corrected chi connectivity index (χ3v) is 1.99. The van der Waals surface area contributed by atoms with Crippen molar-refractivity contribution in [2.45, 2.75) is 0 Å². The van der Waals surface area contributed by atoms with Crippen LogP contribution in [0.1, 0.15) is 0 Å². The van der Waals surface area contributed by atoms with Crippen molar-refractivity contribution in [3.05, 3.63) is 36.4 Å². The predicted molar refractivity (Wildman–Crippen MR) is 50.5 cm³/mol. The molecule has 0 bridgehead atoms. The van der Waals surface area contributed by atoms with Crippen LogP contribution in [-0.4, -0.2) is 17.3 Å². The maximum Gasteiger partial charge on any atom is 0.172 e. The number of methoxy groups -OCH3 is 1. The summed E-state index contributed by atoms with van der Waals surface area (Å²) in [6, 6.07) is 5.01.